The van der Waals surface area contributed by atoms with Crippen LogP contribution in [-0.4, -0.2) is 22.9 Å². The molecule has 2 N–H and O–H groups in total. The summed E-state index contributed by atoms with van der Waals surface area (Å²) in [5.74, 6) is 0.523. The van der Waals surface area contributed by atoms with E-state index in [0.29, 0.717) is 5.75 Å². The van der Waals surface area contributed by atoms with Crippen LogP contribution in [0, 0.1) is 6.92 Å². The summed E-state index contributed by atoms with van der Waals surface area (Å²) in [4.78, 5) is 11.3. The van der Waals surface area contributed by atoms with Crippen LogP contribution in [0.1, 0.15) is 11.1 Å². The zero-order chi connectivity index (χ0) is 15.1. The Morgan fingerprint density at radius 3 is 2.43 bits per heavy atom. The number of carboxylic acids is 1. The van der Waals surface area contributed by atoms with Gasteiger partial charge in [0.25, 0.3) is 0 Å². The molecule has 0 aliphatic carbocycles. The van der Waals surface area contributed by atoms with Crippen molar-refractivity contribution in [1.29, 1.82) is 0 Å². The molecule has 110 valence electrons. The van der Waals surface area contributed by atoms with Crippen molar-refractivity contribution in [3.63, 3.8) is 0 Å². The molecule has 21 heavy (non-hydrogen) atoms. The first-order valence-electron chi connectivity index (χ1n) is 6.83. The van der Waals surface area contributed by atoms with Gasteiger partial charge in [-0.3, -0.25) is 0 Å². The molecule has 0 bridgehead atoms. The minimum atomic E-state index is -0.823. The third-order valence-corrected chi connectivity index (χ3v) is 4.19. The number of aliphatic carboxylic acids is 1. The van der Waals surface area contributed by atoms with Crippen LogP contribution < -0.4 is 5.32 Å². The second-order valence-corrected chi connectivity index (χ2v) is 5.93. The first-order valence-corrected chi connectivity index (χ1v) is 7.98. The smallest absolute Gasteiger partial charge is 0.326 e. The van der Waals surface area contributed by atoms with Crippen LogP contribution >= 0.6 is 11.8 Å². The monoisotopic (exact) mass is 301 g/mol. The topological polar surface area (TPSA) is 49.3 Å². The fraction of sp³-hybridized carbons (Fsp3) is 0.235. The Morgan fingerprint density at radius 2 is 1.81 bits per heavy atom. The number of anilines is 1. The summed E-state index contributed by atoms with van der Waals surface area (Å²) >= 11 is 1.62. The molecule has 0 aliphatic rings. The van der Waals surface area contributed by atoms with Gasteiger partial charge in [-0.2, -0.15) is 11.8 Å². The SMILES string of the molecule is Cc1ccc(NC(CSCc2ccccc2)C(=O)O)cc1. The fourth-order valence-electron chi connectivity index (χ4n) is 1.89. The largest absolute Gasteiger partial charge is 0.480 e. The van der Waals surface area contributed by atoms with Gasteiger partial charge in [-0.15, -0.1) is 0 Å². The van der Waals surface area contributed by atoms with E-state index >= 15 is 0 Å². The molecule has 4 heteroatoms. The maximum atomic E-state index is 11.3. The minimum absolute atomic E-state index is 0.526. The summed E-state index contributed by atoms with van der Waals surface area (Å²) in [5, 5.41) is 12.4. The highest BCUT2D eigenvalue weighted by molar-refractivity contribution is 7.98. The van der Waals surface area contributed by atoms with Gasteiger partial charge in [-0.25, -0.2) is 4.79 Å². The Balaban J connectivity index is 1.87. The molecule has 1 unspecified atom stereocenters. The lowest BCUT2D eigenvalue weighted by Crippen LogP contribution is -2.31. The van der Waals surface area contributed by atoms with Gasteiger partial charge in [-0.1, -0.05) is 48.0 Å². The molecule has 0 amide bonds. The molecule has 0 saturated carbocycles. The molecule has 0 spiro atoms. The summed E-state index contributed by atoms with van der Waals surface area (Å²) in [6.45, 7) is 2.01. The van der Waals surface area contributed by atoms with E-state index in [2.05, 4.69) is 17.4 Å². The zero-order valence-electron chi connectivity index (χ0n) is 12.0. The van der Waals surface area contributed by atoms with E-state index in [1.54, 1.807) is 11.8 Å². The van der Waals surface area contributed by atoms with Crippen molar-refractivity contribution in [2.24, 2.45) is 0 Å². The average molecular weight is 301 g/mol. The van der Waals surface area contributed by atoms with Crippen molar-refractivity contribution >= 4 is 23.4 Å². The van der Waals surface area contributed by atoms with Crippen LogP contribution in [0.4, 0.5) is 5.69 Å². The van der Waals surface area contributed by atoms with E-state index in [-0.39, 0.29) is 0 Å². The predicted octanol–water partition coefficient (Wildman–Crippen LogP) is 3.79. The highest BCUT2D eigenvalue weighted by atomic mass is 32.2. The number of carboxylic acid groups (broad SMARTS) is 1. The maximum Gasteiger partial charge on any atom is 0.326 e. The molecule has 0 aromatic heterocycles. The highest BCUT2D eigenvalue weighted by Crippen LogP contribution is 2.16. The third kappa shape index (κ3) is 5.16. The van der Waals surface area contributed by atoms with E-state index < -0.39 is 12.0 Å². The Morgan fingerprint density at radius 1 is 1.14 bits per heavy atom. The second kappa shape index (κ2) is 7.74. The van der Waals surface area contributed by atoms with E-state index in [9.17, 15) is 9.90 Å². The number of carbonyl (C=O) groups is 1. The van der Waals surface area contributed by atoms with Crippen LogP contribution in [0.3, 0.4) is 0 Å². The van der Waals surface area contributed by atoms with Crippen molar-refractivity contribution in [1.82, 2.24) is 0 Å². The number of benzene rings is 2. The number of aryl methyl sites for hydroxylation is 1. The summed E-state index contributed by atoms with van der Waals surface area (Å²) in [6.07, 6.45) is 0. The molecule has 0 heterocycles. The van der Waals surface area contributed by atoms with Gasteiger partial charge in [0.1, 0.15) is 6.04 Å². The molecule has 0 radical (unpaired) electrons. The molecule has 1 atom stereocenters. The summed E-state index contributed by atoms with van der Waals surface area (Å²) in [5.41, 5.74) is 3.21. The van der Waals surface area contributed by atoms with Gasteiger partial charge in [0, 0.05) is 17.2 Å². The average Bonchev–Trinajstić information content (AvgIpc) is 2.49. The molecule has 0 fully saturated rings. The minimum Gasteiger partial charge on any atom is -0.480 e. The lowest BCUT2D eigenvalue weighted by Gasteiger charge is -2.15. The summed E-state index contributed by atoms with van der Waals surface area (Å²) in [7, 11) is 0. The van der Waals surface area contributed by atoms with Crippen LogP contribution in [0.2, 0.25) is 0 Å². The highest BCUT2D eigenvalue weighted by Gasteiger charge is 2.16. The van der Waals surface area contributed by atoms with Gasteiger partial charge < -0.3 is 10.4 Å². The fourth-order valence-corrected chi connectivity index (χ4v) is 2.90. The number of hydrogen-bond acceptors (Lipinski definition) is 3. The first kappa shape index (κ1) is 15.4. The molecule has 3 nitrogen and oxygen atoms in total. The van der Waals surface area contributed by atoms with Crippen molar-refractivity contribution in [2.75, 3.05) is 11.1 Å². The van der Waals surface area contributed by atoms with Crippen LogP contribution in [0.25, 0.3) is 0 Å². The lowest BCUT2D eigenvalue weighted by atomic mass is 10.2. The van der Waals surface area contributed by atoms with Crippen molar-refractivity contribution in [3.8, 4) is 0 Å². The number of nitrogens with one attached hydrogen (secondary N) is 1. The van der Waals surface area contributed by atoms with Crippen LogP contribution in [0.15, 0.2) is 54.6 Å². The second-order valence-electron chi connectivity index (χ2n) is 4.90. The van der Waals surface area contributed by atoms with Gasteiger partial charge in [0.2, 0.25) is 0 Å². The molecule has 2 rings (SSSR count). The summed E-state index contributed by atoms with van der Waals surface area (Å²) < 4.78 is 0. The standard InChI is InChI=1S/C17H19NO2S/c1-13-7-9-15(10-8-13)18-16(17(19)20)12-21-11-14-5-3-2-4-6-14/h2-10,16,18H,11-12H2,1H3,(H,19,20). The van der Waals surface area contributed by atoms with Crippen molar-refractivity contribution in [3.05, 3.63) is 65.7 Å². The Labute approximate surface area is 129 Å². The normalized spacial score (nSPS) is 11.9. The Hall–Kier alpha value is -1.94. The maximum absolute atomic E-state index is 11.3. The van der Waals surface area contributed by atoms with Crippen LogP contribution in [-0.2, 0) is 10.5 Å². The van der Waals surface area contributed by atoms with E-state index in [0.717, 1.165) is 17.0 Å². The van der Waals surface area contributed by atoms with E-state index in [1.807, 2.05) is 49.4 Å². The van der Waals surface area contributed by atoms with E-state index in [1.165, 1.54) is 5.56 Å². The summed E-state index contributed by atoms with van der Waals surface area (Å²) in [6, 6.07) is 17.3. The number of hydrogen-bond donors (Lipinski definition) is 2. The number of thioether (sulfide) groups is 1. The zero-order valence-corrected chi connectivity index (χ0v) is 12.8. The molecule has 2 aromatic carbocycles. The molecule has 2 aromatic rings. The predicted molar refractivity (Wildman–Crippen MR) is 88.8 cm³/mol. The Bertz CT molecular complexity index is 569. The molecular weight excluding hydrogens is 282 g/mol. The van der Waals surface area contributed by atoms with Gasteiger partial charge in [0.15, 0.2) is 0 Å². The molecular formula is C17H19NO2S. The van der Waals surface area contributed by atoms with Gasteiger partial charge >= 0.3 is 5.97 Å². The molecule has 0 saturated heterocycles. The molecule has 0 aliphatic heterocycles. The van der Waals surface area contributed by atoms with Gasteiger partial charge in [0.05, 0.1) is 0 Å². The third-order valence-electron chi connectivity index (χ3n) is 3.09. The van der Waals surface area contributed by atoms with Crippen molar-refractivity contribution in [2.45, 2.75) is 18.7 Å². The lowest BCUT2D eigenvalue weighted by molar-refractivity contribution is -0.137. The van der Waals surface area contributed by atoms with Crippen molar-refractivity contribution < 1.29 is 9.90 Å². The van der Waals surface area contributed by atoms with Gasteiger partial charge in [-0.05, 0) is 24.6 Å². The first-order chi connectivity index (χ1) is 10.1. The Kier molecular flexibility index (Phi) is 5.69. The quantitative estimate of drug-likeness (QED) is 0.817. The van der Waals surface area contributed by atoms with E-state index in [4.69, 9.17) is 0 Å². The number of rotatable bonds is 7. The van der Waals surface area contributed by atoms with Crippen LogP contribution in [0.5, 0.6) is 0 Å².